The van der Waals surface area contributed by atoms with E-state index in [1.54, 1.807) is 12.4 Å². The van der Waals surface area contributed by atoms with Crippen molar-refractivity contribution in [3.05, 3.63) is 24.3 Å². The highest BCUT2D eigenvalue weighted by molar-refractivity contribution is 5.78. The van der Waals surface area contributed by atoms with Gasteiger partial charge in [-0.25, -0.2) is 9.97 Å². The monoisotopic (exact) mass is 252 g/mol. The average Bonchev–Trinajstić information content (AvgIpc) is 2.84. The van der Waals surface area contributed by atoms with Gasteiger partial charge in [0.15, 0.2) is 0 Å². The number of hydrogen-bond donors (Lipinski definition) is 5. The third kappa shape index (κ3) is 2.49. The number of H-pyrrole nitrogens is 1. The van der Waals surface area contributed by atoms with Gasteiger partial charge in [-0.1, -0.05) is 0 Å². The molecule has 2 aromatic heterocycles. The molecule has 0 bridgehead atoms. The summed E-state index contributed by atoms with van der Waals surface area (Å²) in [6.07, 6.45) is 4.82. The second-order valence-electron chi connectivity index (χ2n) is 3.99. The summed E-state index contributed by atoms with van der Waals surface area (Å²) in [6, 6.07) is -0.883. The largest absolute Gasteiger partial charge is 0.395 e. The molecule has 0 saturated heterocycles. The van der Waals surface area contributed by atoms with Gasteiger partial charge in [0.1, 0.15) is 6.33 Å². The lowest BCUT2D eigenvalue weighted by molar-refractivity contribution is 0.145. The SMILES string of the molecule is OCC(CO)NC(CO)c1c[nH]c2cncnc12. The van der Waals surface area contributed by atoms with Crippen LogP contribution in [0.4, 0.5) is 0 Å². The van der Waals surface area contributed by atoms with Gasteiger partial charge in [-0.15, -0.1) is 0 Å². The minimum atomic E-state index is -0.478. The van der Waals surface area contributed by atoms with E-state index in [1.807, 2.05) is 0 Å². The number of hydrogen-bond acceptors (Lipinski definition) is 6. The Morgan fingerprint density at radius 2 is 2.00 bits per heavy atom. The van der Waals surface area contributed by atoms with Crippen molar-refractivity contribution in [1.82, 2.24) is 20.3 Å². The van der Waals surface area contributed by atoms with E-state index in [0.29, 0.717) is 5.52 Å². The third-order valence-electron chi connectivity index (χ3n) is 2.80. The topological polar surface area (TPSA) is 114 Å². The molecule has 2 rings (SSSR count). The van der Waals surface area contributed by atoms with Crippen LogP contribution in [-0.4, -0.2) is 56.1 Å². The molecule has 0 aliphatic rings. The quantitative estimate of drug-likeness (QED) is 0.447. The molecule has 0 radical (unpaired) electrons. The molecule has 7 nitrogen and oxygen atoms in total. The lowest BCUT2D eigenvalue weighted by Crippen LogP contribution is -2.39. The van der Waals surface area contributed by atoms with Crippen molar-refractivity contribution in [3.63, 3.8) is 0 Å². The zero-order valence-electron chi connectivity index (χ0n) is 9.74. The van der Waals surface area contributed by atoms with Crippen molar-refractivity contribution in [1.29, 1.82) is 0 Å². The van der Waals surface area contributed by atoms with E-state index in [2.05, 4.69) is 20.3 Å². The maximum atomic E-state index is 9.41. The molecule has 0 spiro atoms. The number of nitrogens with one attached hydrogen (secondary N) is 2. The highest BCUT2D eigenvalue weighted by atomic mass is 16.3. The number of nitrogens with zero attached hydrogens (tertiary/aromatic N) is 2. The normalized spacial score (nSPS) is 13.3. The van der Waals surface area contributed by atoms with Crippen molar-refractivity contribution in [2.45, 2.75) is 12.1 Å². The molecule has 0 saturated carbocycles. The van der Waals surface area contributed by atoms with E-state index in [9.17, 15) is 5.11 Å². The molecule has 0 aromatic carbocycles. The standard InChI is InChI=1S/C11H16N4O3/c16-3-7(4-17)15-10(5-18)8-1-13-9-2-12-6-14-11(8)9/h1-2,6-7,10,13,15-18H,3-5H2. The zero-order valence-corrected chi connectivity index (χ0v) is 9.74. The third-order valence-corrected chi connectivity index (χ3v) is 2.80. The van der Waals surface area contributed by atoms with Gasteiger partial charge in [0.25, 0.3) is 0 Å². The summed E-state index contributed by atoms with van der Waals surface area (Å²) in [4.78, 5) is 11.1. The molecule has 0 aliphatic carbocycles. The summed E-state index contributed by atoms with van der Waals surface area (Å²) in [5.74, 6) is 0. The maximum absolute atomic E-state index is 9.41. The molecule has 18 heavy (non-hydrogen) atoms. The Labute approximate surface area is 104 Å². The lowest BCUT2D eigenvalue weighted by atomic mass is 10.1. The van der Waals surface area contributed by atoms with Crippen molar-refractivity contribution in [2.24, 2.45) is 0 Å². The number of rotatable bonds is 6. The van der Waals surface area contributed by atoms with E-state index >= 15 is 0 Å². The molecule has 2 heterocycles. The molecule has 0 aliphatic heterocycles. The highest BCUT2D eigenvalue weighted by Gasteiger charge is 2.19. The van der Waals surface area contributed by atoms with E-state index in [1.165, 1.54) is 6.33 Å². The van der Waals surface area contributed by atoms with E-state index < -0.39 is 12.1 Å². The van der Waals surface area contributed by atoms with Crippen LogP contribution >= 0.6 is 0 Å². The second kappa shape index (κ2) is 5.87. The van der Waals surface area contributed by atoms with Crippen LogP contribution in [0.1, 0.15) is 11.6 Å². The number of fused-ring (bicyclic) bond motifs is 1. The smallest absolute Gasteiger partial charge is 0.116 e. The zero-order chi connectivity index (χ0) is 13.0. The molecule has 2 aromatic rings. The summed E-state index contributed by atoms with van der Waals surface area (Å²) in [5, 5.41) is 30.5. The first kappa shape index (κ1) is 12.9. The molecule has 7 heteroatoms. The fourth-order valence-electron chi connectivity index (χ4n) is 1.84. The Balaban J connectivity index is 2.26. The summed E-state index contributed by atoms with van der Waals surface area (Å²) in [6.45, 7) is -0.567. The predicted octanol–water partition coefficient (Wildman–Crippen LogP) is -1.07. The number of aliphatic hydroxyl groups is 3. The van der Waals surface area contributed by atoms with Gasteiger partial charge in [0.05, 0.1) is 49.1 Å². The summed E-state index contributed by atoms with van der Waals surface area (Å²) >= 11 is 0. The van der Waals surface area contributed by atoms with Crippen LogP contribution in [-0.2, 0) is 0 Å². The summed E-state index contributed by atoms with van der Waals surface area (Å²) in [5.41, 5.74) is 2.27. The van der Waals surface area contributed by atoms with Crippen molar-refractivity contribution >= 4 is 11.0 Å². The Kier molecular flexibility index (Phi) is 4.21. The van der Waals surface area contributed by atoms with Crippen molar-refractivity contribution in [3.8, 4) is 0 Å². The van der Waals surface area contributed by atoms with Gasteiger partial charge in [0, 0.05) is 11.8 Å². The fraction of sp³-hybridized carbons (Fsp3) is 0.455. The highest BCUT2D eigenvalue weighted by Crippen LogP contribution is 2.21. The fourth-order valence-corrected chi connectivity index (χ4v) is 1.84. The van der Waals surface area contributed by atoms with Crippen molar-refractivity contribution < 1.29 is 15.3 Å². The maximum Gasteiger partial charge on any atom is 0.116 e. The summed E-state index contributed by atoms with van der Waals surface area (Å²) in [7, 11) is 0. The van der Waals surface area contributed by atoms with Gasteiger partial charge < -0.3 is 25.6 Å². The van der Waals surface area contributed by atoms with Crippen LogP contribution in [0.5, 0.6) is 0 Å². The first-order valence-corrected chi connectivity index (χ1v) is 5.65. The molecule has 1 atom stereocenters. The Hall–Kier alpha value is -1.54. The van der Waals surface area contributed by atoms with Crippen LogP contribution in [0.2, 0.25) is 0 Å². The Morgan fingerprint density at radius 3 is 2.67 bits per heavy atom. The van der Waals surface area contributed by atoms with E-state index in [0.717, 1.165) is 11.1 Å². The minimum Gasteiger partial charge on any atom is -0.395 e. The van der Waals surface area contributed by atoms with Gasteiger partial charge >= 0.3 is 0 Å². The Bertz CT molecular complexity index is 498. The van der Waals surface area contributed by atoms with E-state index in [-0.39, 0.29) is 19.8 Å². The Morgan fingerprint density at radius 1 is 1.22 bits per heavy atom. The number of aromatic amines is 1. The summed E-state index contributed by atoms with van der Waals surface area (Å²) < 4.78 is 0. The molecule has 98 valence electrons. The molecule has 0 fully saturated rings. The van der Waals surface area contributed by atoms with Crippen LogP contribution < -0.4 is 5.32 Å². The molecule has 0 amide bonds. The first-order chi connectivity index (χ1) is 8.80. The van der Waals surface area contributed by atoms with Crippen LogP contribution in [0.3, 0.4) is 0 Å². The molecule has 1 unspecified atom stereocenters. The second-order valence-corrected chi connectivity index (χ2v) is 3.99. The average molecular weight is 252 g/mol. The van der Waals surface area contributed by atoms with Gasteiger partial charge in [-0.2, -0.15) is 0 Å². The lowest BCUT2D eigenvalue weighted by Gasteiger charge is -2.21. The van der Waals surface area contributed by atoms with Gasteiger partial charge in [-0.3, -0.25) is 0 Å². The molecular formula is C11H16N4O3. The molecule has 5 N–H and O–H groups in total. The van der Waals surface area contributed by atoms with Crippen LogP contribution in [0, 0.1) is 0 Å². The van der Waals surface area contributed by atoms with Gasteiger partial charge in [0.2, 0.25) is 0 Å². The predicted molar refractivity (Wildman–Crippen MR) is 64.8 cm³/mol. The van der Waals surface area contributed by atoms with E-state index in [4.69, 9.17) is 10.2 Å². The van der Waals surface area contributed by atoms with Crippen LogP contribution in [0.15, 0.2) is 18.7 Å². The van der Waals surface area contributed by atoms with Crippen molar-refractivity contribution in [2.75, 3.05) is 19.8 Å². The number of aliphatic hydroxyl groups excluding tert-OH is 3. The molecular weight excluding hydrogens is 236 g/mol. The number of aromatic nitrogens is 3. The minimum absolute atomic E-state index is 0.159. The van der Waals surface area contributed by atoms with Crippen LogP contribution in [0.25, 0.3) is 11.0 Å². The first-order valence-electron chi connectivity index (χ1n) is 5.65. The van der Waals surface area contributed by atoms with Gasteiger partial charge in [-0.05, 0) is 0 Å².